The number of benzene rings is 1. The molecule has 1 aliphatic heterocycles. The molecule has 0 aromatic heterocycles. The number of anilines is 1. The Bertz CT molecular complexity index is 456. The Labute approximate surface area is 122 Å². The van der Waals surface area contributed by atoms with Crippen LogP contribution in [0.4, 0.5) is 5.69 Å². The van der Waals surface area contributed by atoms with E-state index in [2.05, 4.69) is 41.2 Å². The molecule has 2 rings (SSSR count). The summed E-state index contributed by atoms with van der Waals surface area (Å²) >= 11 is 0. The van der Waals surface area contributed by atoms with Gasteiger partial charge in [0, 0.05) is 11.7 Å². The van der Waals surface area contributed by atoms with Crippen LogP contribution in [0.25, 0.3) is 0 Å². The van der Waals surface area contributed by atoms with E-state index in [1.165, 1.54) is 24.9 Å². The molecule has 110 valence electrons. The molecular formula is C16H26N4. The fourth-order valence-electron chi connectivity index (χ4n) is 2.78. The molecule has 4 heteroatoms. The highest BCUT2D eigenvalue weighted by Gasteiger charge is 2.22. The minimum atomic E-state index is 0.515. The molecule has 4 nitrogen and oxygen atoms in total. The Morgan fingerprint density at radius 3 is 3.05 bits per heavy atom. The van der Waals surface area contributed by atoms with Gasteiger partial charge in [0.05, 0.1) is 6.54 Å². The zero-order chi connectivity index (χ0) is 14.4. The third-order valence-electron chi connectivity index (χ3n) is 3.99. The van der Waals surface area contributed by atoms with E-state index in [0.29, 0.717) is 12.0 Å². The summed E-state index contributed by atoms with van der Waals surface area (Å²) in [7, 11) is 0. The SMILES string of the molecule is CCc1cccc(NC(N)=NCC2CCCN2CC)c1. The smallest absolute Gasteiger partial charge is 0.193 e. The van der Waals surface area contributed by atoms with E-state index in [9.17, 15) is 0 Å². The largest absolute Gasteiger partial charge is 0.370 e. The van der Waals surface area contributed by atoms with Crippen LogP contribution in [0.3, 0.4) is 0 Å². The van der Waals surface area contributed by atoms with E-state index in [4.69, 9.17) is 5.73 Å². The van der Waals surface area contributed by atoms with Crippen LogP contribution in [0.1, 0.15) is 32.3 Å². The molecule has 1 atom stereocenters. The fraction of sp³-hybridized carbons (Fsp3) is 0.562. The molecule has 1 saturated heterocycles. The van der Waals surface area contributed by atoms with Crippen LogP contribution >= 0.6 is 0 Å². The summed E-state index contributed by atoms with van der Waals surface area (Å²) in [5.41, 5.74) is 8.30. The molecule has 1 fully saturated rings. The second-order valence-electron chi connectivity index (χ2n) is 5.33. The van der Waals surface area contributed by atoms with Gasteiger partial charge in [0.25, 0.3) is 0 Å². The van der Waals surface area contributed by atoms with Gasteiger partial charge in [-0.3, -0.25) is 9.89 Å². The maximum atomic E-state index is 5.98. The van der Waals surface area contributed by atoms with E-state index < -0.39 is 0 Å². The van der Waals surface area contributed by atoms with Gasteiger partial charge >= 0.3 is 0 Å². The lowest BCUT2D eigenvalue weighted by molar-refractivity contribution is 0.273. The lowest BCUT2D eigenvalue weighted by Gasteiger charge is -2.21. The molecule has 1 heterocycles. The first kappa shape index (κ1) is 14.9. The van der Waals surface area contributed by atoms with Crippen LogP contribution in [0.5, 0.6) is 0 Å². The summed E-state index contributed by atoms with van der Waals surface area (Å²) in [4.78, 5) is 6.98. The standard InChI is InChI=1S/C16H26N4/c1-3-13-7-5-8-14(11-13)19-16(17)18-12-15-9-6-10-20(15)4-2/h5,7-8,11,15H,3-4,6,9-10,12H2,1-2H3,(H3,17,18,19). The van der Waals surface area contributed by atoms with E-state index in [1.54, 1.807) is 0 Å². The molecule has 0 bridgehead atoms. The first-order valence-corrected chi connectivity index (χ1v) is 7.62. The first-order valence-electron chi connectivity index (χ1n) is 7.62. The normalized spacial score (nSPS) is 20.3. The van der Waals surface area contributed by atoms with E-state index in [0.717, 1.165) is 25.2 Å². The molecule has 0 saturated carbocycles. The second-order valence-corrected chi connectivity index (χ2v) is 5.33. The Hall–Kier alpha value is -1.55. The number of hydrogen-bond acceptors (Lipinski definition) is 2. The Kier molecular flexibility index (Phi) is 5.41. The van der Waals surface area contributed by atoms with Gasteiger partial charge in [0.1, 0.15) is 0 Å². The summed E-state index contributed by atoms with van der Waals surface area (Å²) in [5, 5.41) is 3.18. The summed E-state index contributed by atoms with van der Waals surface area (Å²) in [6, 6.07) is 8.87. The number of nitrogens with two attached hydrogens (primary N) is 1. The topological polar surface area (TPSA) is 53.6 Å². The van der Waals surface area contributed by atoms with Gasteiger partial charge in [-0.25, -0.2) is 0 Å². The lowest BCUT2D eigenvalue weighted by atomic mass is 10.1. The van der Waals surface area contributed by atoms with Crippen LogP contribution in [-0.2, 0) is 6.42 Å². The molecule has 1 aromatic rings. The predicted octanol–water partition coefficient (Wildman–Crippen LogP) is 2.46. The van der Waals surface area contributed by atoms with Crippen LogP contribution in [0.15, 0.2) is 29.3 Å². The fourth-order valence-corrected chi connectivity index (χ4v) is 2.78. The highest BCUT2D eigenvalue weighted by molar-refractivity contribution is 5.92. The quantitative estimate of drug-likeness (QED) is 0.640. The monoisotopic (exact) mass is 274 g/mol. The minimum absolute atomic E-state index is 0.515. The maximum Gasteiger partial charge on any atom is 0.193 e. The summed E-state index contributed by atoms with van der Waals surface area (Å²) in [6.45, 7) is 7.45. The highest BCUT2D eigenvalue weighted by atomic mass is 15.2. The molecule has 0 radical (unpaired) electrons. The average Bonchev–Trinajstić information content (AvgIpc) is 2.93. The van der Waals surface area contributed by atoms with Crippen LogP contribution in [-0.4, -0.2) is 36.5 Å². The van der Waals surface area contributed by atoms with Crippen molar-refractivity contribution >= 4 is 11.6 Å². The number of hydrogen-bond donors (Lipinski definition) is 2. The van der Waals surface area contributed by atoms with Gasteiger partial charge in [0.2, 0.25) is 0 Å². The molecular weight excluding hydrogens is 248 g/mol. The third-order valence-corrected chi connectivity index (χ3v) is 3.99. The minimum Gasteiger partial charge on any atom is -0.370 e. The zero-order valence-electron chi connectivity index (χ0n) is 12.6. The molecule has 0 spiro atoms. The average molecular weight is 274 g/mol. The number of likely N-dealkylation sites (N-methyl/N-ethyl adjacent to an activating group) is 1. The summed E-state index contributed by atoms with van der Waals surface area (Å²) in [6.07, 6.45) is 3.54. The van der Waals surface area contributed by atoms with Crippen LogP contribution in [0, 0.1) is 0 Å². The van der Waals surface area contributed by atoms with Gasteiger partial charge in [-0.05, 0) is 50.0 Å². The van der Waals surface area contributed by atoms with Crippen molar-refractivity contribution in [2.24, 2.45) is 10.7 Å². The highest BCUT2D eigenvalue weighted by Crippen LogP contribution is 2.16. The van der Waals surface area contributed by atoms with Gasteiger partial charge < -0.3 is 11.1 Å². The van der Waals surface area contributed by atoms with Crippen molar-refractivity contribution in [3.63, 3.8) is 0 Å². The third kappa shape index (κ3) is 3.97. The van der Waals surface area contributed by atoms with Gasteiger partial charge in [-0.2, -0.15) is 0 Å². The maximum absolute atomic E-state index is 5.98. The van der Waals surface area contributed by atoms with Crippen molar-refractivity contribution in [2.75, 3.05) is 25.0 Å². The van der Waals surface area contributed by atoms with E-state index >= 15 is 0 Å². The molecule has 0 aliphatic carbocycles. The van der Waals surface area contributed by atoms with Crippen molar-refractivity contribution in [3.8, 4) is 0 Å². The molecule has 1 unspecified atom stereocenters. The molecule has 1 aromatic carbocycles. The number of likely N-dealkylation sites (tertiary alicyclic amines) is 1. The number of rotatable bonds is 5. The Morgan fingerprint density at radius 2 is 2.30 bits per heavy atom. The van der Waals surface area contributed by atoms with E-state index in [1.807, 2.05) is 12.1 Å². The van der Waals surface area contributed by atoms with Crippen LogP contribution < -0.4 is 11.1 Å². The van der Waals surface area contributed by atoms with Crippen molar-refractivity contribution in [1.82, 2.24) is 4.90 Å². The number of nitrogens with one attached hydrogen (secondary N) is 1. The number of guanidine groups is 1. The second kappa shape index (κ2) is 7.29. The number of aryl methyl sites for hydroxylation is 1. The van der Waals surface area contributed by atoms with Crippen molar-refractivity contribution in [1.29, 1.82) is 0 Å². The van der Waals surface area contributed by atoms with Crippen molar-refractivity contribution < 1.29 is 0 Å². The van der Waals surface area contributed by atoms with Gasteiger partial charge in [-0.1, -0.05) is 26.0 Å². The van der Waals surface area contributed by atoms with Crippen molar-refractivity contribution in [2.45, 2.75) is 39.2 Å². The summed E-state index contributed by atoms with van der Waals surface area (Å²) < 4.78 is 0. The molecule has 20 heavy (non-hydrogen) atoms. The predicted molar refractivity (Wildman–Crippen MR) is 86.2 cm³/mol. The summed E-state index contributed by atoms with van der Waals surface area (Å²) in [5.74, 6) is 0.515. The number of nitrogens with zero attached hydrogens (tertiary/aromatic N) is 2. The molecule has 3 N–H and O–H groups in total. The molecule has 0 amide bonds. The van der Waals surface area contributed by atoms with Gasteiger partial charge in [-0.15, -0.1) is 0 Å². The van der Waals surface area contributed by atoms with Gasteiger partial charge in [0.15, 0.2) is 5.96 Å². The van der Waals surface area contributed by atoms with Crippen LogP contribution in [0.2, 0.25) is 0 Å². The molecule has 1 aliphatic rings. The van der Waals surface area contributed by atoms with E-state index in [-0.39, 0.29) is 0 Å². The zero-order valence-corrected chi connectivity index (χ0v) is 12.6. The Morgan fingerprint density at radius 1 is 1.45 bits per heavy atom. The van der Waals surface area contributed by atoms with Crippen molar-refractivity contribution in [3.05, 3.63) is 29.8 Å². The number of aliphatic imine (C=N–C) groups is 1. The Balaban J connectivity index is 1.90. The lowest BCUT2D eigenvalue weighted by Crippen LogP contribution is -2.33. The first-order chi connectivity index (χ1) is 9.72.